The van der Waals surface area contributed by atoms with Crippen LogP contribution >= 0.6 is 22.9 Å². The van der Waals surface area contributed by atoms with Crippen LogP contribution < -0.4 is 0 Å². The number of carbonyl (C=O) groups is 1. The summed E-state index contributed by atoms with van der Waals surface area (Å²) in [6.45, 7) is 3.48. The third-order valence-electron chi connectivity index (χ3n) is 4.78. The number of benzene rings is 1. The molecule has 0 radical (unpaired) electrons. The first-order chi connectivity index (χ1) is 13.0. The summed E-state index contributed by atoms with van der Waals surface area (Å²) >= 11 is 7.62. The molecule has 0 atom stereocenters. The van der Waals surface area contributed by atoms with Gasteiger partial charge in [-0.25, -0.2) is 0 Å². The maximum atomic E-state index is 11.9. The van der Waals surface area contributed by atoms with Crippen molar-refractivity contribution in [1.82, 2.24) is 14.7 Å². The molecule has 7 heteroatoms. The van der Waals surface area contributed by atoms with Crippen LogP contribution in [0.5, 0.6) is 0 Å². The molecule has 3 aromatic rings. The van der Waals surface area contributed by atoms with Crippen LogP contribution in [0.15, 0.2) is 36.4 Å². The largest absolute Gasteiger partial charge is 0.338 e. The van der Waals surface area contributed by atoms with Crippen LogP contribution in [-0.2, 0) is 24.3 Å². The van der Waals surface area contributed by atoms with E-state index in [9.17, 15) is 10.1 Å². The van der Waals surface area contributed by atoms with Gasteiger partial charge in [-0.05, 0) is 24.3 Å². The lowest BCUT2D eigenvalue weighted by Gasteiger charge is -2.26. The van der Waals surface area contributed by atoms with E-state index in [4.69, 9.17) is 16.7 Å². The first kappa shape index (κ1) is 17.8. The van der Waals surface area contributed by atoms with Crippen LogP contribution in [0.3, 0.4) is 0 Å². The maximum Gasteiger partial charge on any atom is 0.219 e. The molecule has 1 aliphatic rings. The molecule has 0 spiro atoms. The summed E-state index contributed by atoms with van der Waals surface area (Å²) in [4.78, 5) is 14.9. The molecular weight excluding hydrogens is 380 g/mol. The van der Waals surface area contributed by atoms with Crippen LogP contribution in [0.2, 0.25) is 4.34 Å². The highest BCUT2D eigenvalue weighted by molar-refractivity contribution is 7.16. The van der Waals surface area contributed by atoms with E-state index in [1.54, 1.807) is 24.3 Å². The summed E-state index contributed by atoms with van der Waals surface area (Å²) in [5, 5.41) is 14.1. The predicted octanol–water partition coefficient (Wildman–Crippen LogP) is 4.09. The minimum absolute atomic E-state index is 0.0650. The second-order valence-corrected chi connectivity index (χ2v) is 8.32. The molecule has 0 bridgehead atoms. The Morgan fingerprint density at radius 1 is 1.37 bits per heavy atom. The van der Waals surface area contributed by atoms with Crippen LogP contribution in [0, 0.1) is 11.3 Å². The molecular formula is C20H17ClN4OS. The Bertz CT molecular complexity index is 1060. The smallest absolute Gasteiger partial charge is 0.219 e. The van der Waals surface area contributed by atoms with Gasteiger partial charge < -0.3 is 4.90 Å². The van der Waals surface area contributed by atoms with Gasteiger partial charge in [0.05, 0.1) is 28.2 Å². The lowest BCUT2D eigenvalue weighted by molar-refractivity contribution is -0.129. The lowest BCUT2D eigenvalue weighted by Crippen LogP contribution is -2.34. The molecule has 27 heavy (non-hydrogen) atoms. The maximum absolute atomic E-state index is 11.9. The van der Waals surface area contributed by atoms with Crippen molar-refractivity contribution >= 4 is 28.8 Å². The number of nitrogens with zero attached hydrogens (tertiary/aromatic N) is 4. The summed E-state index contributed by atoms with van der Waals surface area (Å²) < 4.78 is 2.78. The van der Waals surface area contributed by atoms with Crippen molar-refractivity contribution in [2.45, 2.75) is 26.4 Å². The normalized spacial score (nSPS) is 13.3. The van der Waals surface area contributed by atoms with Gasteiger partial charge in [-0.2, -0.15) is 10.4 Å². The van der Waals surface area contributed by atoms with E-state index in [1.165, 1.54) is 0 Å². The van der Waals surface area contributed by atoms with Crippen molar-refractivity contribution in [1.29, 1.82) is 5.26 Å². The highest BCUT2D eigenvalue weighted by Gasteiger charge is 2.27. The summed E-state index contributed by atoms with van der Waals surface area (Å²) in [7, 11) is 0. The Hall–Kier alpha value is -2.62. The Labute approximate surface area is 166 Å². The van der Waals surface area contributed by atoms with Gasteiger partial charge in [-0.1, -0.05) is 23.7 Å². The number of nitriles is 1. The molecule has 0 saturated heterocycles. The van der Waals surface area contributed by atoms with Crippen molar-refractivity contribution < 1.29 is 4.79 Å². The fraction of sp³-hybridized carbons (Fsp3) is 0.250. The fourth-order valence-electron chi connectivity index (χ4n) is 3.44. The average molecular weight is 397 g/mol. The van der Waals surface area contributed by atoms with Crippen LogP contribution in [0.25, 0.3) is 11.3 Å². The van der Waals surface area contributed by atoms with Crippen LogP contribution in [-0.4, -0.2) is 27.1 Å². The van der Waals surface area contributed by atoms with E-state index in [0.717, 1.165) is 38.1 Å². The van der Waals surface area contributed by atoms with Crippen molar-refractivity contribution in [3.63, 3.8) is 0 Å². The molecule has 136 valence electrons. The van der Waals surface area contributed by atoms with Gasteiger partial charge in [0, 0.05) is 48.1 Å². The number of hydrogen-bond donors (Lipinski definition) is 0. The van der Waals surface area contributed by atoms with Crippen molar-refractivity contribution in [3.05, 3.63) is 62.4 Å². The Morgan fingerprint density at radius 3 is 2.93 bits per heavy atom. The minimum atomic E-state index is 0.0650. The molecule has 2 aromatic heterocycles. The first-order valence-corrected chi connectivity index (χ1v) is 9.83. The van der Waals surface area contributed by atoms with Gasteiger partial charge in [0.2, 0.25) is 5.91 Å². The highest BCUT2D eigenvalue weighted by Crippen LogP contribution is 2.32. The fourth-order valence-corrected chi connectivity index (χ4v) is 4.51. The zero-order chi connectivity index (χ0) is 19.0. The van der Waals surface area contributed by atoms with Gasteiger partial charge in [-0.15, -0.1) is 11.3 Å². The van der Waals surface area contributed by atoms with Gasteiger partial charge in [-0.3, -0.25) is 9.48 Å². The van der Waals surface area contributed by atoms with E-state index >= 15 is 0 Å². The molecule has 3 heterocycles. The van der Waals surface area contributed by atoms with Gasteiger partial charge in [0.1, 0.15) is 0 Å². The van der Waals surface area contributed by atoms with E-state index in [0.29, 0.717) is 25.2 Å². The Morgan fingerprint density at radius 2 is 2.22 bits per heavy atom. The molecule has 1 amide bonds. The van der Waals surface area contributed by atoms with E-state index < -0.39 is 0 Å². The second-order valence-electron chi connectivity index (χ2n) is 6.52. The van der Waals surface area contributed by atoms with Crippen LogP contribution in [0.4, 0.5) is 0 Å². The number of thiophene rings is 1. The van der Waals surface area contributed by atoms with Gasteiger partial charge in [0.15, 0.2) is 0 Å². The standard InChI is InChI=1S/C20H17ClN4OS/c1-13(26)24-8-7-18-17(12-24)20(15-4-2-3-14(9-15)10-22)23-25(18)11-16-5-6-19(21)27-16/h2-6,9H,7-8,11-12H2,1H3. The number of fused-ring (bicyclic) bond motifs is 1. The number of hydrogen-bond acceptors (Lipinski definition) is 4. The number of amides is 1. The van der Waals surface area contributed by atoms with Crippen molar-refractivity contribution in [2.24, 2.45) is 0 Å². The predicted molar refractivity (Wildman–Crippen MR) is 106 cm³/mol. The monoisotopic (exact) mass is 396 g/mol. The molecule has 1 aromatic carbocycles. The summed E-state index contributed by atoms with van der Waals surface area (Å²) in [5.74, 6) is 0.0650. The van der Waals surface area contributed by atoms with Gasteiger partial charge >= 0.3 is 0 Å². The summed E-state index contributed by atoms with van der Waals surface area (Å²) in [5.41, 5.74) is 4.55. The Balaban J connectivity index is 1.80. The number of rotatable bonds is 3. The quantitative estimate of drug-likeness (QED) is 0.669. The van der Waals surface area contributed by atoms with E-state index in [-0.39, 0.29) is 5.91 Å². The molecule has 0 unspecified atom stereocenters. The Kier molecular flexibility index (Phi) is 4.73. The highest BCUT2D eigenvalue weighted by atomic mass is 35.5. The van der Waals surface area contributed by atoms with Crippen molar-refractivity contribution in [3.8, 4) is 17.3 Å². The molecule has 0 aliphatic carbocycles. The van der Waals surface area contributed by atoms with Crippen molar-refractivity contribution in [2.75, 3.05) is 6.54 Å². The molecule has 0 N–H and O–H groups in total. The lowest BCUT2D eigenvalue weighted by atomic mass is 10.00. The second kappa shape index (κ2) is 7.18. The summed E-state index contributed by atoms with van der Waals surface area (Å²) in [6, 6.07) is 13.5. The number of carbonyl (C=O) groups excluding carboxylic acids is 1. The topological polar surface area (TPSA) is 61.9 Å². The van der Waals surface area contributed by atoms with Crippen LogP contribution in [0.1, 0.15) is 28.6 Å². The first-order valence-electron chi connectivity index (χ1n) is 8.64. The van der Waals surface area contributed by atoms with E-state index in [2.05, 4.69) is 6.07 Å². The van der Waals surface area contributed by atoms with E-state index in [1.807, 2.05) is 39.9 Å². The zero-order valence-corrected chi connectivity index (χ0v) is 16.3. The minimum Gasteiger partial charge on any atom is -0.338 e. The molecule has 0 saturated carbocycles. The third kappa shape index (κ3) is 3.48. The third-order valence-corrected chi connectivity index (χ3v) is 5.99. The number of aromatic nitrogens is 2. The SMILES string of the molecule is CC(=O)N1CCc2c(c(-c3cccc(C#N)c3)nn2Cc2ccc(Cl)s2)C1. The molecule has 0 fully saturated rings. The molecule has 5 nitrogen and oxygen atoms in total. The summed E-state index contributed by atoms with van der Waals surface area (Å²) in [6.07, 6.45) is 0.763. The zero-order valence-electron chi connectivity index (χ0n) is 14.8. The average Bonchev–Trinajstić information content (AvgIpc) is 3.25. The van der Waals surface area contributed by atoms with Gasteiger partial charge in [0.25, 0.3) is 0 Å². The molecule has 4 rings (SSSR count). The molecule has 1 aliphatic heterocycles. The number of halogens is 1.